The first-order chi connectivity index (χ1) is 17.4. The number of carboxylic acid groups (broad SMARTS) is 1. The minimum atomic E-state index is -5.08. The maximum atomic E-state index is 13.1. The molecule has 0 radical (unpaired) electrons. The highest BCUT2D eigenvalue weighted by atomic mass is 19.4. The highest BCUT2D eigenvalue weighted by Gasteiger charge is 2.45. The molecule has 0 bridgehead atoms. The lowest BCUT2D eigenvalue weighted by Gasteiger charge is -2.49. The average Bonchev–Trinajstić information content (AvgIpc) is 3.39. The predicted octanol–water partition coefficient (Wildman–Crippen LogP) is 2.88. The van der Waals surface area contributed by atoms with Crippen LogP contribution in [-0.2, 0) is 20.9 Å². The van der Waals surface area contributed by atoms with Crippen LogP contribution in [0.3, 0.4) is 0 Å². The molecule has 1 atom stereocenters. The quantitative estimate of drug-likeness (QED) is 0.655. The van der Waals surface area contributed by atoms with Crippen molar-refractivity contribution < 1.29 is 41.8 Å². The summed E-state index contributed by atoms with van der Waals surface area (Å²) in [6.07, 6.45) is -2.66. The molecule has 0 aliphatic carbocycles. The molecule has 3 heterocycles. The van der Waals surface area contributed by atoms with Crippen LogP contribution in [0.4, 0.5) is 13.2 Å². The monoisotopic (exact) mass is 525 g/mol. The van der Waals surface area contributed by atoms with Gasteiger partial charge in [-0.1, -0.05) is 30.3 Å². The van der Waals surface area contributed by atoms with Crippen LogP contribution >= 0.6 is 0 Å². The lowest BCUT2D eigenvalue weighted by molar-refractivity contribution is -0.192. The first-order valence-corrected chi connectivity index (χ1v) is 11.7. The van der Waals surface area contributed by atoms with Crippen molar-refractivity contribution in [1.29, 1.82) is 0 Å². The molecule has 2 aliphatic heterocycles. The zero-order valence-corrected chi connectivity index (χ0v) is 20.6. The van der Waals surface area contributed by atoms with E-state index >= 15 is 0 Å². The van der Waals surface area contributed by atoms with Gasteiger partial charge in [0.15, 0.2) is 5.76 Å². The molecule has 12 heteroatoms. The van der Waals surface area contributed by atoms with Crippen LogP contribution in [0.15, 0.2) is 53.1 Å². The van der Waals surface area contributed by atoms with E-state index in [1.54, 1.807) is 21.9 Å². The number of hydrogen-bond donors (Lipinski definition) is 1. The smallest absolute Gasteiger partial charge is 0.475 e. The van der Waals surface area contributed by atoms with E-state index in [1.807, 2.05) is 44.4 Å². The Balaban J connectivity index is 0.000000479. The van der Waals surface area contributed by atoms with E-state index in [1.165, 1.54) is 6.26 Å². The van der Waals surface area contributed by atoms with E-state index in [0.29, 0.717) is 44.8 Å². The third-order valence-electron chi connectivity index (χ3n) is 6.28. The summed E-state index contributed by atoms with van der Waals surface area (Å²) in [6, 6.07) is 13.4. The molecule has 0 saturated carbocycles. The Hall–Kier alpha value is -3.38. The number of likely N-dealkylation sites (tertiary alicyclic amines) is 1. The Morgan fingerprint density at radius 3 is 2.27 bits per heavy atom. The number of benzene rings is 1. The van der Waals surface area contributed by atoms with E-state index < -0.39 is 23.9 Å². The molecule has 2 aromatic rings. The number of halogens is 3. The predicted molar refractivity (Wildman–Crippen MR) is 126 cm³/mol. The van der Waals surface area contributed by atoms with Gasteiger partial charge >= 0.3 is 12.1 Å². The van der Waals surface area contributed by atoms with Crippen molar-refractivity contribution in [3.05, 3.63) is 60.1 Å². The van der Waals surface area contributed by atoms with Crippen LogP contribution in [-0.4, -0.2) is 95.7 Å². The third-order valence-corrected chi connectivity index (χ3v) is 6.28. The Morgan fingerprint density at radius 2 is 1.73 bits per heavy atom. The molecule has 2 saturated heterocycles. The Labute approximate surface area is 212 Å². The molecule has 1 N–H and O–H groups in total. The number of nitrogens with zero attached hydrogens (tertiary/aromatic N) is 3. The van der Waals surface area contributed by atoms with Gasteiger partial charge in [0.1, 0.15) is 6.10 Å². The molecule has 9 nitrogen and oxygen atoms in total. The summed E-state index contributed by atoms with van der Waals surface area (Å²) in [4.78, 5) is 40.3. The number of ether oxygens (including phenoxy) is 1. The Bertz CT molecular complexity index is 1050. The van der Waals surface area contributed by atoms with Gasteiger partial charge < -0.3 is 29.0 Å². The molecule has 1 unspecified atom stereocenters. The SMILES string of the molecule is CN1CC(C(=O)N(C)Cc2ccccc2)OC2(CCN(C(=O)c3ccco3)CC2)C1.O=C(O)C(F)(F)F. The summed E-state index contributed by atoms with van der Waals surface area (Å²) in [5.41, 5.74) is 0.692. The van der Waals surface area contributed by atoms with E-state index in [2.05, 4.69) is 4.90 Å². The summed E-state index contributed by atoms with van der Waals surface area (Å²) in [5, 5.41) is 7.12. The number of morpholine rings is 1. The number of likely N-dealkylation sites (N-methyl/N-ethyl adjacent to an activating group) is 2. The van der Waals surface area contributed by atoms with Gasteiger partial charge in [-0.2, -0.15) is 13.2 Å². The van der Waals surface area contributed by atoms with Gasteiger partial charge in [-0.3, -0.25) is 9.59 Å². The van der Waals surface area contributed by atoms with Gasteiger partial charge in [0.25, 0.3) is 11.8 Å². The highest BCUT2D eigenvalue weighted by Crippen LogP contribution is 2.33. The second-order valence-electron chi connectivity index (χ2n) is 9.24. The molecule has 1 spiro atoms. The van der Waals surface area contributed by atoms with Gasteiger partial charge in [-0.05, 0) is 37.6 Å². The van der Waals surface area contributed by atoms with Crippen molar-refractivity contribution in [2.75, 3.05) is 40.3 Å². The molecule has 1 aromatic heterocycles. The number of piperidine rings is 1. The normalized spacial score (nSPS) is 19.6. The topological polar surface area (TPSA) is 104 Å². The first kappa shape index (κ1) is 28.2. The van der Waals surface area contributed by atoms with Crippen molar-refractivity contribution in [3.63, 3.8) is 0 Å². The number of furan rings is 1. The molecule has 1 aromatic carbocycles. The number of rotatable bonds is 4. The van der Waals surface area contributed by atoms with Gasteiger partial charge in [0.2, 0.25) is 0 Å². The minimum absolute atomic E-state index is 0.00105. The molecule has 2 fully saturated rings. The number of hydrogen-bond acceptors (Lipinski definition) is 6. The summed E-state index contributed by atoms with van der Waals surface area (Å²) < 4.78 is 43.4. The van der Waals surface area contributed by atoms with Crippen molar-refractivity contribution >= 4 is 17.8 Å². The molecular formula is C25H30F3N3O6. The molecule has 2 aliphatic rings. The van der Waals surface area contributed by atoms with Crippen LogP contribution in [0.5, 0.6) is 0 Å². The van der Waals surface area contributed by atoms with E-state index in [0.717, 1.165) is 12.1 Å². The van der Waals surface area contributed by atoms with E-state index in [-0.39, 0.29) is 11.8 Å². The largest absolute Gasteiger partial charge is 0.490 e. The molecule has 2 amide bonds. The van der Waals surface area contributed by atoms with Crippen molar-refractivity contribution in [3.8, 4) is 0 Å². The van der Waals surface area contributed by atoms with Gasteiger partial charge in [-0.15, -0.1) is 0 Å². The number of aliphatic carboxylic acids is 1. The van der Waals surface area contributed by atoms with Crippen molar-refractivity contribution in [2.24, 2.45) is 0 Å². The fraction of sp³-hybridized carbons (Fsp3) is 0.480. The van der Waals surface area contributed by atoms with Crippen LogP contribution in [0.1, 0.15) is 29.0 Å². The summed E-state index contributed by atoms with van der Waals surface area (Å²) in [5.74, 6) is -2.48. The number of amides is 2. The molecule has 202 valence electrons. The van der Waals surface area contributed by atoms with Crippen molar-refractivity contribution in [1.82, 2.24) is 14.7 Å². The van der Waals surface area contributed by atoms with Gasteiger partial charge in [0, 0.05) is 39.8 Å². The molecule has 4 rings (SSSR count). The molecule has 37 heavy (non-hydrogen) atoms. The maximum absolute atomic E-state index is 13.1. The average molecular weight is 526 g/mol. The number of carbonyl (C=O) groups excluding carboxylic acids is 2. The number of carbonyl (C=O) groups is 3. The van der Waals surface area contributed by atoms with Crippen LogP contribution in [0.2, 0.25) is 0 Å². The summed E-state index contributed by atoms with van der Waals surface area (Å²) in [6.45, 7) is 3.08. The first-order valence-electron chi connectivity index (χ1n) is 11.7. The number of carboxylic acids is 1. The minimum Gasteiger partial charge on any atom is -0.475 e. The zero-order chi connectivity index (χ0) is 27.2. The standard InChI is InChI=1S/C23H29N3O4.C2HF3O2/c1-24-16-20(21(27)25(2)15-18-7-4-3-5-8-18)30-23(17-24)10-12-26(13-11-23)22(28)19-9-6-14-29-19;3-2(4,5)1(6)7/h3-9,14,20H,10-13,15-17H2,1-2H3;(H,6,7). The fourth-order valence-electron chi connectivity index (χ4n) is 4.47. The van der Waals surface area contributed by atoms with Crippen LogP contribution in [0.25, 0.3) is 0 Å². The third kappa shape index (κ3) is 7.56. The van der Waals surface area contributed by atoms with E-state index in [4.69, 9.17) is 19.1 Å². The van der Waals surface area contributed by atoms with Crippen molar-refractivity contribution in [2.45, 2.75) is 37.3 Å². The lowest BCUT2D eigenvalue weighted by atomic mass is 9.88. The lowest BCUT2D eigenvalue weighted by Crippen LogP contribution is -2.61. The summed E-state index contributed by atoms with van der Waals surface area (Å²) in [7, 11) is 3.85. The summed E-state index contributed by atoms with van der Waals surface area (Å²) >= 11 is 0. The maximum Gasteiger partial charge on any atom is 0.490 e. The van der Waals surface area contributed by atoms with Gasteiger partial charge in [0.05, 0.1) is 11.9 Å². The Kier molecular flexibility index (Phi) is 8.98. The second kappa shape index (κ2) is 11.8. The van der Waals surface area contributed by atoms with E-state index in [9.17, 15) is 22.8 Å². The fourth-order valence-corrected chi connectivity index (χ4v) is 4.47. The Morgan fingerprint density at radius 1 is 1.11 bits per heavy atom. The zero-order valence-electron chi connectivity index (χ0n) is 20.6. The number of alkyl halides is 3. The van der Waals surface area contributed by atoms with Gasteiger partial charge in [-0.25, -0.2) is 4.79 Å². The second-order valence-corrected chi connectivity index (χ2v) is 9.24. The highest BCUT2D eigenvalue weighted by molar-refractivity contribution is 5.91. The van der Waals surface area contributed by atoms with Crippen LogP contribution < -0.4 is 0 Å². The van der Waals surface area contributed by atoms with Crippen LogP contribution in [0, 0.1) is 0 Å². The molecular weight excluding hydrogens is 495 g/mol.